The number of pyridine rings is 2. The van der Waals surface area contributed by atoms with Gasteiger partial charge >= 0.3 is 0 Å². The van der Waals surface area contributed by atoms with Crippen molar-refractivity contribution < 1.29 is 0 Å². The summed E-state index contributed by atoms with van der Waals surface area (Å²) in [6.45, 7) is 0. The zero-order chi connectivity index (χ0) is 66.3. The number of hydrogen-bond acceptors (Lipinski definition) is 14. The van der Waals surface area contributed by atoms with Crippen LogP contribution in [-0.4, -0.2) is 57.4 Å². The lowest BCUT2D eigenvalue weighted by Gasteiger charge is -2.12. The molecule has 13 aromatic carbocycles. The van der Waals surface area contributed by atoms with E-state index in [0.717, 1.165) is 149 Å². The summed E-state index contributed by atoms with van der Waals surface area (Å²) in [6, 6.07) is 108. The van der Waals surface area contributed by atoms with Crippen molar-refractivity contribution in [3.05, 3.63) is 315 Å². The van der Waals surface area contributed by atoms with Crippen LogP contribution in [0.5, 0.6) is 0 Å². The zero-order valence-corrected chi connectivity index (χ0v) is 54.8. The number of benzene rings is 13. The van der Waals surface area contributed by atoms with Crippen molar-refractivity contribution in [3.8, 4) is 124 Å². The van der Waals surface area contributed by atoms with E-state index in [-0.39, 0.29) is 0 Å². The van der Waals surface area contributed by atoms with Crippen LogP contribution in [0.25, 0.3) is 190 Å². The Labute approximate surface area is 582 Å². The van der Waals surface area contributed by atoms with E-state index in [0.29, 0.717) is 34.9 Å². The van der Waals surface area contributed by atoms with Crippen molar-refractivity contribution in [2.45, 2.75) is 0 Å². The van der Waals surface area contributed by atoms with Gasteiger partial charge in [0, 0.05) is 76.8 Å². The molecular weight excluding hydrogens is 1270 g/mol. The standard InChI is InChI=1S/C46H28N6S.C40H24N6S/c1-4-10-29(11-5-1)30-16-20-34(21-17-30)45-48-44(33-14-8-3-9-15-33)49-46(50-45)35-22-18-31(19-23-35)36-24-25-37-40(28-36)47-42(32-12-6-2-7-13-32)38-26-27-39-43(41(37)38)52-53-51-39;1-4-10-26(11-5-1)36-32-22-23-33-37(46-47-45-33)35(32)31-21-20-30(24-34(31)41-36)25-16-18-29(19-17-25)40-43-38(27-12-6-2-7-13-27)42-39(44-40)28-14-8-3-9-15-28/h1-28H;1-24H. The minimum atomic E-state index is 0.618. The van der Waals surface area contributed by atoms with Gasteiger partial charge in [-0.1, -0.05) is 279 Å². The first-order chi connectivity index (χ1) is 49.5. The number of nitrogens with zero attached hydrogens (tertiary/aromatic N) is 12. The van der Waals surface area contributed by atoms with Crippen LogP contribution in [0.3, 0.4) is 0 Å². The minimum Gasteiger partial charge on any atom is -0.247 e. The Hall–Kier alpha value is -13.1. The average Bonchev–Trinajstić information content (AvgIpc) is 1.26. The summed E-state index contributed by atoms with van der Waals surface area (Å²) in [5.74, 6) is 3.80. The van der Waals surface area contributed by atoms with E-state index in [1.807, 2.05) is 146 Å². The molecule has 0 spiro atoms. The van der Waals surface area contributed by atoms with E-state index < -0.39 is 0 Å². The Morgan fingerprint density at radius 1 is 0.170 bits per heavy atom. The minimum absolute atomic E-state index is 0.618. The average molecular weight is 1320 g/mol. The van der Waals surface area contributed by atoms with Crippen molar-refractivity contribution >= 4 is 88.9 Å². The van der Waals surface area contributed by atoms with Crippen molar-refractivity contribution in [1.82, 2.24) is 57.4 Å². The molecule has 0 radical (unpaired) electrons. The zero-order valence-electron chi connectivity index (χ0n) is 53.2. The fourth-order valence-electron chi connectivity index (χ4n) is 13.0. The van der Waals surface area contributed by atoms with E-state index in [9.17, 15) is 0 Å². The Kier molecular flexibility index (Phi) is 15.3. The van der Waals surface area contributed by atoms with Gasteiger partial charge in [0.25, 0.3) is 0 Å². The van der Waals surface area contributed by atoms with E-state index in [2.05, 4.69) is 183 Å². The number of rotatable bonds is 11. The molecule has 0 amide bonds. The van der Waals surface area contributed by atoms with Gasteiger partial charge < -0.3 is 0 Å². The molecule has 0 aliphatic rings. The van der Waals surface area contributed by atoms with Gasteiger partial charge in [-0.05, 0) is 69.8 Å². The molecule has 0 N–H and O–H groups in total. The van der Waals surface area contributed by atoms with Gasteiger partial charge in [0.15, 0.2) is 34.9 Å². The molecule has 0 atom stereocenters. The maximum Gasteiger partial charge on any atom is 0.164 e. The van der Waals surface area contributed by atoms with Crippen LogP contribution in [0.15, 0.2) is 315 Å². The Morgan fingerprint density at radius 3 is 0.730 bits per heavy atom. The molecule has 6 aromatic heterocycles. The monoisotopic (exact) mass is 1320 g/mol. The van der Waals surface area contributed by atoms with E-state index in [4.69, 9.17) is 44.2 Å². The molecule has 12 nitrogen and oxygen atoms in total. The molecule has 0 fully saturated rings. The summed E-state index contributed by atoms with van der Waals surface area (Å²) in [6.07, 6.45) is 0. The molecule has 0 saturated carbocycles. The second kappa shape index (κ2) is 25.8. The summed E-state index contributed by atoms with van der Waals surface area (Å²) in [4.78, 5) is 39.9. The fourth-order valence-corrected chi connectivity index (χ4v) is 14.1. The molecular formula is C86H52N12S2. The first-order valence-corrected chi connectivity index (χ1v) is 34.1. The molecule has 19 aromatic rings. The van der Waals surface area contributed by atoms with Crippen LogP contribution >= 0.6 is 23.5 Å². The predicted molar refractivity (Wildman–Crippen MR) is 407 cm³/mol. The molecule has 0 unspecified atom stereocenters. The molecule has 468 valence electrons. The lowest BCUT2D eigenvalue weighted by atomic mass is 9.96. The van der Waals surface area contributed by atoms with Gasteiger partial charge in [-0.3, -0.25) is 0 Å². The summed E-state index contributed by atoms with van der Waals surface area (Å²) >= 11 is 2.48. The highest BCUT2D eigenvalue weighted by Gasteiger charge is 2.20. The maximum absolute atomic E-state index is 5.24. The van der Waals surface area contributed by atoms with Gasteiger partial charge in [-0.2, -0.15) is 17.5 Å². The quantitative estimate of drug-likeness (QED) is 0.113. The molecule has 19 rings (SSSR count). The smallest absolute Gasteiger partial charge is 0.164 e. The van der Waals surface area contributed by atoms with Crippen LogP contribution in [0, 0.1) is 0 Å². The summed E-state index contributed by atoms with van der Waals surface area (Å²) in [5.41, 5.74) is 21.6. The molecule has 0 aliphatic heterocycles. The van der Waals surface area contributed by atoms with Gasteiger partial charge in [0.05, 0.1) is 45.9 Å². The van der Waals surface area contributed by atoms with Gasteiger partial charge in [-0.15, -0.1) is 0 Å². The highest BCUT2D eigenvalue weighted by molar-refractivity contribution is 7.00. The van der Waals surface area contributed by atoms with Gasteiger partial charge in [-0.25, -0.2) is 39.9 Å². The van der Waals surface area contributed by atoms with Crippen LogP contribution in [-0.2, 0) is 0 Å². The maximum atomic E-state index is 5.24. The van der Waals surface area contributed by atoms with E-state index in [1.54, 1.807) is 0 Å². The van der Waals surface area contributed by atoms with Crippen LogP contribution in [0.1, 0.15) is 0 Å². The lowest BCUT2D eigenvalue weighted by molar-refractivity contribution is 1.07. The third-order valence-corrected chi connectivity index (χ3v) is 19.1. The number of fused-ring (bicyclic) bond motifs is 10. The normalized spacial score (nSPS) is 11.4. The molecule has 6 heterocycles. The van der Waals surface area contributed by atoms with E-state index >= 15 is 0 Å². The summed E-state index contributed by atoms with van der Waals surface area (Å²) in [7, 11) is 0. The van der Waals surface area contributed by atoms with Crippen molar-refractivity contribution in [1.29, 1.82) is 0 Å². The van der Waals surface area contributed by atoms with Gasteiger partial charge in [0.2, 0.25) is 0 Å². The van der Waals surface area contributed by atoms with Crippen molar-refractivity contribution in [3.63, 3.8) is 0 Å². The first kappa shape index (κ1) is 59.4. The fraction of sp³-hybridized carbons (Fsp3) is 0. The highest BCUT2D eigenvalue weighted by atomic mass is 32.1. The first-order valence-electron chi connectivity index (χ1n) is 32.7. The molecule has 0 bridgehead atoms. The summed E-state index contributed by atoms with van der Waals surface area (Å²) < 4.78 is 18.4. The lowest BCUT2D eigenvalue weighted by Crippen LogP contribution is -2.00. The third-order valence-electron chi connectivity index (χ3n) is 18.0. The van der Waals surface area contributed by atoms with Crippen molar-refractivity contribution in [2.24, 2.45) is 0 Å². The third kappa shape index (κ3) is 11.4. The largest absolute Gasteiger partial charge is 0.247 e. The van der Waals surface area contributed by atoms with Crippen molar-refractivity contribution in [2.75, 3.05) is 0 Å². The van der Waals surface area contributed by atoms with Crippen LogP contribution in [0.2, 0.25) is 0 Å². The Bertz CT molecular complexity index is 6170. The Morgan fingerprint density at radius 2 is 0.410 bits per heavy atom. The highest BCUT2D eigenvalue weighted by Crippen LogP contribution is 2.41. The molecule has 100 heavy (non-hydrogen) atoms. The number of aromatic nitrogens is 12. The van der Waals surface area contributed by atoms with Crippen LogP contribution in [0.4, 0.5) is 0 Å². The Balaban J connectivity index is 0.000000145. The number of hydrogen-bond donors (Lipinski definition) is 0. The van der Waals surface area contributed by atoms with Crippen LogP contribution < -0.4 is 0 Å². The second-order valence-electron chi connectivity index (χ2n) is 24.2. The topological polar surface area (TPSA) is 155 Å². The molecule has 0 saturated heterocycles. The summed E-state index contributed by atoms with van der Waals surface area (Å²) in [5, 5.41) is 6.42. The molecule has 14 heteroatoms. The van der Waals surface area contributed by atoms with E-state index in [1.165, 1.54) is 29.0 Å². The second-order valence-corrected chi connectivity index (χ2v) is 25.2. The SMILES string of the molecule is c1ccc(-c2ccc(-c3nc(-c4ccccc4)nc(-c4ccc(-c5ccc6c(c5)nc(-c5ccccc5)c5ccc7nsnc7c56)cc4)n3)cc2)cc1.c1ccc(-c2nc(-c3ccccc3)nc(-c3ccc(-c4ccc5c(c4)nc(-c4ccccc4)c4ccc6nsnc6c45)cc3)n2)cc1. The molecule has 0 aliphatic carbocycles. The van der Waals surface area contributed by atoms with Gasteiger partial charge in [0.1, 0.15) is 22.1 Å². The predicted octanol–water partition coefficient (Wildman–Crippen LogP) is 21.5.